The topological polar surface area (TPSA) is 51.8 Å². The van der Waals surface area contributed by atoms with Crippen molar-refractivity contribution < 1.29 is 0 Å². The third-order valence-electron chi connectivity index (χ3n) is 4.05. The molecule has 0 radical (unpaired) electrons. The maximum absolute atomic E-state index is 5.94. The van der Waals surface area contributed by atoms with Gasteiger partial charge in [-0.2, -0.15) is 0 Å². The SMILES string of the molecule is CCCC1CCC(CN)C(Sc2ncc(C)cn2)C1. The number of nitrogens with two attached hydrogens (primary N) is 1. The predicted octanol–water partition coefficient (Wildman–Crippen LogP) is 3.42. The van der Waals surface area contributed by atoms with Crippen molar-refractivity contribution in [2.24, 2.45) is 17.6 Å². The summed E-state index contributed by atoms with van der Waals surface area (Å²) >= 11 is 1.83. The predicted molar refractivity (Wildman–Crippen MR) is 81.2 cm³/mol. The molecule has 2 rings (SSSR count). The summed E-state index contributed by atoms with van der Waals surface area (Å²) < 4.78 is 0. The maximum atomic E-state index is 5.94. The van der Waals surface area contributed by atoms with E-state index in [-0.39, 0.29) is 0 Å². The fourth-order valence-electron chi connectivity index (χ4n) is 2.94. The summed E-state index contributed by atoms with van der Waals surface area (Å²) in [6.07, 6.45) is 10.3. The van der Waals surface area contributed by atoms with E-state index in [9.17, 15) is 0 Å². The van der Waals surface area contributed by atoms with Crippen molar-refractivity contribution in [3.63, 3.8) is 0 Å². The Hall–Kier alpha value is -0.610. The minimum Gasteiger partial charge on any atom is -0.330 e. The third-order valence-corrected chi connectivity index (χ3v) is 5.35. The first-order valence-corrected chi connectivity index (χ1v) is 8.26. The van der Waals surface area contributed by atoms with Gasteiger partial charge in [-0.25, -0.2) is 9.97 Å². The molecular weight excluding hydrogens is 254 g/mol. The molecule has 0 aliphatic heterocycles. The lowest BCUT2D eigenvalue weighted by molar-refractivity contribution is 0.275. The number of hydrogen-bond acceptors (Lipinski definition) is 4. The van der Waals surface area contributed by atoms with Gasteiger partial charge in [-0.15, -0.1) is 0 Å². The number of hydrogen-bond donors (Lipinski definition) is 1. The number of aryl methyl sites for hydroxylation is 1. The molecule has 1 aromatic rings. The fraction of sp³-hybridized carbons (Fsp3) is 0.733. The van der Waals surface area contributed by atoms with Crippen molar-refractivity contribution in [1.82, 2.24) is 9.97 Å². The summed E-state index contributed by atoms with van der Waals surface area (Å²) in [5.41, 5.74) is 7.05. The first kappa shape index (κ1) is 14.8. The van der Waals surface area contributed by atoms with E-state index in [2.05, 4.69) is 16.9 Å². The van der Waals surface area contributed by atoms with E-state index in [1.54, 1.807) is 0 Å². The van der Waals surface area contributed by atoms with Gasteiger partial charge in [0, 0.05) is 17.6 Å². The van der Waals surface area contributed by atoms with Crippen LogP contribution in [-0.4, -0.2) is 21.8 Å². The van der Waals surface area contributed by atoms with Gasteiger partial charge in [0.15, 0.2) is 5.16 Å². The van der Waals surface area contributed by atoms with Crippen molar-refractivity contribution in [2.45, 2.75) is 56.4 Å². The molecule has 19 heavy (non-hydrogen) atoms. The molecule has 2 N–H and O–H groups in total. The molecule has 0 bridgehead atoms. The van der Waals surface area contributed by atoms with Crippen LogP contribution < -0.4 is 5.73 Å². The van der Waals surface area contributed by atoms with Gasteiger partial charge < -0.3 is 5.73 Å². The van der Waals surface area contributed by atoms with Crippen LogP contribution in [-0.2, 0) is 0 Å². The van der Waals surface area contributed by atoms with Crippen LogP contribution in [0.25, 0.3) is 0 Å². The van der Waals surface area contributed by atoms with Gasteiger partial charge in [0.25, 0.3) is 0 Å². The monoisotopic (exact) mass is 279 g/mol. The molecule has 1 heterocycles. The van der Waals surface area contributed by atoms with Crippen LogP contribution in [0, 0.1) is 18.8 Å². The molecule has 1 aliphatic rings. The molecule has 0 saturated heterocycles. The molecular formula is C15H25N3S. The first-order valence-electron chi connectivity index (χ1n) is 7.38. The Bertz CT molecular complexity index is 379. The number of rotatable bonds is 5. The Morgan fingerprint density at radius 3 is 2.68 bits per heavy atom. The molecule has 1 aliphatic carbocycles. The van der Waals surface area contributed by atoms with Crippen molar-refractivity contribution in [3.8, 4) is 0 Å². The molecule has 3 nitrogen and oxygen atoms in total. The van der Waals surface area contributed by atoms with Gasteiger partial charge >= 0.3 is 0 Å². The van der Waals surface area contributed by atoms with E-state index in [0.717, 1.165) is 23.2 Å². The van der Waals surface area contributed by atoms with E-state index in [1.165, 1.54) is 32.1 Å². The van der Waals surface area contributed by atoms with Gasteiger partial charge in [0.05, 0.1) is 0 Å². The minimum atomic E-state index is 0.595. The molecule has 0 spiro atoms. The normalized spacial score (nSPS) is 27.4. The summed E-state index contributed by atoms with van der Waals surface area (Å²) in [6.45, 7) is 5.09. The van der Waals surface area contributed by atoms with E-state index in [4.69, 9.17) is 5.73 Å². The smallest absolute Gasteiger partial charge is 0.187 e. The van der Waals surface area contributed by atoms with Crippen LogP contribution >= 0.6 is 11.8 Å². The average molecular weight is 279 g/mol. The van der Waals surface area contributed by atoms with Gasteiger partial charge in [0.2, 0.25) is 0 Å². The van der Waals surface area contributed by atoms with Crippen LogP contribution in [0.4, 0.5) is 0 Å². The van der Waals surface area contributed by atoms with Crippen LogP contribution in [0.5, 0.6) is 0 Å². The molecule has 3 atom stereocenters. The Balaban J connectivity index is 1.99. The number of aromatic nitrogens is 2. The molecule has 106 valence electrons. The van der Waals surface area contributed by atoms with Crippen LogP contribution in [0.1, 0.15) is 44.6 Å². The van der Waals surface area contributed by atoms with Crippen LogP contribution in [0.15, 0.2) is 17.6 Å². The first-order chi connectivity index (χ1) is 9.22. The zero-order valence-electron chi connectivity index (χ0n) is 12.0. The second kappa shape index (κ2) is 7.25. The minimum absolute atomic E-state index is 0.595. The Morgan fingerprint density at radius 1 is 1.32 bits per heavy atom. The lowest BCUT2D eigenvalue weighted by Gasteiger charge is -2.34. The summed E-state index contributed by atoms with van der Waals surface area (Å²) in [5.74, 6) is 1.50. The van der Waals surface area contributed by atoms with E-state index < -0.39 is 0 Å². The van der Waals surface area contributed by atoms with E-state index in [0.29, 0.717) is 11.2 Å². The lowest BCUT2D eigenvalue weighted by Crippen LogP contribution is -2.32. The highest BCUT2D eigenvalue weighted by atomic mass is 32.2. The van der Waals surface area contributed by atoms with E-state index >= 15 is 0 Å². The highest BCUT2D eigenvalue weighted by molar-refractivity contribution is 7.99. The molecule has 3 unspecified atom stereocenters. The zero-order valence-corrected chi connectivity index (χ0v) is 12.8. The second-order valence-corrected chi connectivity index (χ2v) is 6.87. The third kappa shape index (κ3) is 4.18. The maximum Gasteiger partial charge on any atom is 0.187 e. The van der Waals surface area contributed by atoms with Gasteiger partial charge in [-0.05, 0) is 43.7 Å². The van der Waals surface area contributed by atoms with Crippen LogP contribution in [0.3, 0.4) is 0 Å². The Kier molecular flexibility index (Phi) is 5.64. The standard InChI is InChI=1S/C15H25N3S/c1-3-4-12-5-6-13(8-16)14(7-12)19-15-17-9-11(2)10-18-15/h9-10,12-14H,3-8,16H2,1-2H3. The molecule has 0 amide bonds. The summed E-state index contributed by atoms with van der Waals surface area (Å²) in [6, 6.07) is 0. The zero-order chi connectivity index (χ0) is 13.7. The highest BCUT2D eigenvalue weighted by Gasteiger charge is 2.30. The largest absolute Gasteiger partial charge is 0.330 e. The van der Waals surface area contributed by atoms with Crippen molar-refractivity contribution in [2.75, 3.05) is 6.54 Å². The Labute approximate surface area is 120 Å². The van der Waals surface area contributed by atoms with Crippen molar-refractivity contribution >= 4 is 11.8 Å². The number of nitrogens with zero attached hydrogens (tertiary/aromatic N) is 2. The number of thioether (sulfide) groups is 1. The molecule has 4 heteroatoms. The summed E-state index contributed by atoms with van der Waals surface area (Å²) in [4.78, 5) is 8.85. The highest BCUT2D eigenvalue weighted by Crippen LogP contribution is 2.39. The fourth-order valence-corrected chi connectivity index (χ4v) is 4.24. The quantitative estimate of drug-likeness (QED) is 0.839. The summed E-state index contributed by atoms with van der Waals surface area (Å²) in [7, 11) is 0. The van der Waals surface area contributed by atoms with E-state index in [1.807, 2.05) is 31.1 Å². The van der Waals surface area contributed by atoms with Crippen molar-refractivity contribution in [3.05, 3.63) is 18.0 Å². The second-order valence-electron chi connectivity index (χ2n) is 5.66. The summed E-state index contributed by atoms with van der Waals surface area (Å²) in [5, 5.41) is 1.50. The van der Waals surface area contributed by atoms with Crippen molar-refractivity contribution in [1.29, 1.82) is 0 Å². The molecule has 1 aromatic heterocycles. The molecule has 1 saturated carbocycles. The lowest BCUT2D eigenvalue weighted by atomic mass is 9.80. The molecule has 0 aromatic carbocycles. The van der Waals surface area contributed by atoms with Crippen LogP contribution in [0.2, 0.25) is 0 Å². The Morgan fingerprint density at radius 2 is 2.05 bits per heavy atom. The molecule has 1 fully saturated rings. The van der Waals surface area contributed by atoms with Gasteiger partial charge in [0.1, 0.15) is 0 Å². The average Bonchev–Trinajstić information content (AvgIpc) is 2.42. The van der Waals surface area contributed by atoms with Gasteiger partial charge in [-0.1, -0.05) is 37.9 Å². The van der Waals surface area contributed by atoms with Gasteiger partial charge in [-0.3, -0.25) is 0 Å².